The molecule has 0 atom stereocenters. The molecule has 2 aliphatic rings. The Bertz CT molecular complexity index is 521. The van der Waals surface area contributed by atoms with E-state index in [1.807, 2.05) is 0 Å². The number of aliphatic hydroxyl groups excluding tert-OH is 1. The van der Waals surface area contributed by atoms with Gasteiger partial charge in [0.2, 0.25) is 0 Å². The van der Waals surface area contributed by atoms with Gasteiger partial charge in [0.15, 0.2) is 0 Å². The highest BCUT2D eigenvalue weighted by Gasteiger charge is 2.43. The lowest BCUT2D eigenvalue weighted by Gasteiger charge is -2.17. The van der Waals surface area contributed by atoms with Gasteiger partial charge in [0.1, 0.15) is 5.69 Å². The molecule has 1 heterocycles. The second-order valence-electron chi connectivity index (χ2n) is 5.36. The third-order valence-corrected chi connectivity index (χ3v) is 3.96. The predicted octanol–water partition coefficient (Wildman–Crippen LogP) is 1.24. The summed E-state index contributed by atoms with van der Waals surface area (Å²) in [6.07, 6.45) is 5.57. The third kappa shape index (κ3) is 2.24. The molecule has 98 valence electrons. The standard InChI is InChI=1S/C12H16ClN3O2/c13-9-5-14-16(6-8-1-2-8)11(18)10(9)15-12(7-17)3-4-12/h5,8,15,17H,1-4,6-7H2. The number of nitrogens with zero attached hydrogens (tertiary/aromatic N) is 2. The lowest BCUT2D eigenvalue weighted by molar-refractivity contribution is 0.266. The molecule has 0 amide bonds. The van der Waals surface area contributed by atoms with Crippen LogP contribution >= 0.6 is 11.6 Å². The molecule has 1 aromatic heterocycles. The fourth-order valence-corrected chi connectivity index (χ4v) is 2.17. The number of aromatic nitrogens is 2. The molecule has 2 saturated carbocycles. The minimum absolute atomic E-state index is 0.0215. The van der Waals surface area contributed by atoms with Crippen LogP contribution in [0.5, 0.6) is 0 Å². The summed E-state index contributed by atoms with van der Waals surface area (Å²) in [7, 11) is 0. The van der Waals surface area contributed by atoms with Crippen molar-refractivity contribution in [3.63, 3.8) is 0 Å². The Balaban J connectivity index is 1.89. The molecule has 3 rings (SSSR count). The molecule has 2 aliphatic carbocycles. The summed E-state index contributed by atoms with van der Waals surface area (Å²) in [5, 5.41) is 16.8. The van der Waals surface area contributed by atoms with E-state index in [0.29, 0.717) is 23.2 Å². The predicted molar refractivity (Wildman–Crippen MR) is 68.9 cm³/mol. The molecule has 18 heavy (non-hydrogen) atoms. The molecule has 0 aromatic carbocycles. The van der Waals surface area contributed by atoms with Crippen molar-refractivity contribution < 1.29 is 5.11 Å². The fraction of sp³-hybridized carbons (Fsp3) is 0.667. The largest absolute Gasteiger partial charge is 0.394 e. The number of hydrogen-bond acceptors (Lipinski definition) is 4. The molecule has 0 spiro atoms. The van der Waals surface area contributed by atoms with E-state index in [0.717, 1.165) is 12.8 Å². The van der Waals surface area contributed by atoms with Crippen molar-refractivity contribution in [3.8, 4) is 0 Å². The normalized spacial score (nSPS) is 20.8. The Morgan fingerprint density at radius 2 is 2.28 bits per heavy atom. The van der Waals surface area contributed by atoms with Crippen LogP contribution in [0.1, 0.15) is 25.7 Å². The molecule has 0 bridgehead atoms. The van der Waals surface area contributed by atoms with Gasteiger partial charge in [-0.1, -0.05) is 11.6 Å². The molecule has 0 saturated heterocycles. The zero-order valence-electron chi connectivity index (χ0n) is 10.0. The minimum Gasteiger partial charge on any atom is -0.394 e. The average molecular weight is 270 g/mol. The van der Waals surface area contributed by atoms with E-state index in [1.165, 1.54) is 23.7 Å². The topological polar surface area (TPSA) is 67.2 Å². The van der Waals surface area contributed by atoms with Crippen LogP contribution in [0, 0.1) is 5.92 Å². The van der Waals surface area contributed by atoms with Crippen molar-refractivity contribution in [2.45, 2.75) is 37.8 Å². The van der Waals surface area contributed by atoms with Crippen LogP contribution in [-0.2, 0) is 6.54 Å². The van der Waals surface area contributed by atoms with Crippen LogP contribution in [0.3, 0.4) is 0 Å². The first-order chi connectivity index (χ1) is 8.63. The number of anilines is 1. The Morgan fingerprint density at radius 3 is 2.83 bits per heavy atom. The summed E-state index contributed by atoms with van der Waals surface area (Å²) >= 11 is 6.02. The van der Waals surface area contributed by atoms with Crippen LogP contribution in [0.25, 0.3) is 0 Å². The SMILES string of the molecule is O=c1c(NC2(CO)CC2)c(Cl)cnn1CC1CC1. The monoisotopic (exact) mass is 269 g/mol. The van der Waals surface area contributed by atoms with Gasteiger partial charge in [-0.15, -0.1) is 0 Å². The van der Waals surface area contributed by atoms with E-state index < -0.39 is 0 Å². The molecular weight excluding hydrogens is 254 g/mol. The highest BCUT2D eigenvalue weighted by molar-refractivity contribution is 6.33. The van der Waals surface area contributed by atoms with Gasteiger partial charge in [-0.2, -0.15) is 5.10 Å². The highest BCUT2D eigenvalue weighted by atomic mass is 35.5. The van der Waals surface area contributed by atoms with E-state index >= 15 is 0 Å². The second-order valence-corrected chi connectivity index (χ2v) is 5.77. The average Bonchev–Trinajstić information content (AvgIpc) is 3.24. The summed E-state index contributed by atoms with van der Waals surface area (Å²) in [6.45, 7) is 0.685. The number of nitrogens with one attached hydrogen (secondary N) is 1. The molecular formula is C12H16ClN3O2. The van der Waals surface area contributed by atoms with Crippen LogP contribution < -0.4 is 10.9 Å². The second kappa shape index (κ2) is 4.24. The van der Waals surface area contributed by atoms with E-state index in [9.17, 15) is 9.90 Å². The minimum atomic E-state index is -0.346. The summed E-state index contributed by atoms with van der Waals surface area (Å²) in [4.78, 5) is 12.2. The van der Waals surface area contributed by atoms with E-state index in [1.54, 1.807) is 0 Å². The Morgan fingerprint density at radius 1 is 1.56 bits per heavy atom. The number of aliphatic hydroxyl groups is 1. The van der Waals surface area contributed by atoms with Gasteiger partial charge in [-0.25, -0.2) is 4.68 Å². The van der Waals surface area contributed by atoms with Crippen LogP contribution in [0.2, 0.25) is 5.02 Å². The lowest BCUT2D eigenvalue weighted by Crippen LogP contribution is -2.33. The van der Waals surface area contributed by atoms with Gasteiger partial charge in [0, 0.05) is 6.54 Å². The van der Waals surface area contributed by atoms with Gasteiger partial charge >= 0.3 is 0 Å². The van der Waals surface area contributed by atoms with Crippen LogP contribution in [0.4, 0.5) is 5.69 Å². The number of halogens is 1. The Labute approximate surface area is 110 Å². The lowest BCUT2D eigenvalue weighted by atomic mass is 10.2. The zero-order valence-corrected chi connectivity index (χ0v) is 10.8. The third-order valence-electron chi connectivity index (χ3n) is 3.67. The maximum Gasteiger partial charge on any atom is 0.291 e. The Hall–Kier alpha value is -1.07. The van der Waals surface area contributed by atoms with Gasteiger partial charge in [0.25, 0.3) is 5.56 Å². The quantitative estimate of drug-likeness (QED) is 0.844. The zero-order chi connectivity index (χ0) is 12.8. The van der Waals surface area contributed by atoms with Gasteiger partial charge < -0.3 is 10.4 Å². The summed E-state index contributed by atoms with van der Waals surface area (Å²) in [5.74, 6) is 0.581. The van der Waals surface area contributed by atoms with Gasteiger partial charge in [-0.3, -0.25) is 4.79 Å². The first kappa shape index (κ1) is 12.0. The molecule has 0 radical (unpaired) electrons. The van der Waals surface area contributed by atoms with E-state index in [4.69, 9.17) is 11.6 Å². The summed E-state index contributed by atoms with van der Waals surface area (Å²) in [5.41, 5.74) is -0.158. The van der Waals surface area contributed by atoms with Crippen molar-refractivity contribution in [2.24, 2.45) is 5.92 Å². The first-order valence-electron chi connectivity index (χ1n) is 6.28. The smallest absolute Gasteiger partial charge is 0.291 e. The van der Waals surface area contributed by atoms with Crippen molar-refractivity contribution in [3.05, 3.63) is 21.6 Å². The highest BCUT2D eigenvalue weighted by Crippen LogP contribution is 2.39. The van der Waals surface area contributed by atoms with E-state index in [-0.39, 0.29) is 17.7 Å². The molecule has 1 aromatic rings. The van der Waals surface area contributed by atoms with Crippen LogP contribution in [0.15, 0.2) is 11.0 Å². The van der Waals surface area contributed by atoms with Crippen molar-refractivity contribution in [2.75, 3.05) is 11.9 Å². The van der Waals surface area contributed by atoms with Crippen molar-refractivity contribution in [1.29, 1.82) is 0 Å². The maximum absolute atomic E-state index is 12.2. The van der Waals surface area contributed by atoms with Crippen molar-refractivity contribution in [1.82, 2.24) is 9.78 Å². The van der Waals surface area contributed by atoms with Crippen molar-refractivity contribution >= 4 is 17.3 Å². The summed E-state index contributed by atoms with van der Waals surface area (Å²) < 4.78 is 1.47. The van der Waals surface area contributed by atoms with Crippen LogP contribution in [-0.4, -0.2) is 27.0 Å². The molecule has 6 heteroatoms. The van der Waals surface area contributed by atoms with Gasteiger partial charge in [0.05, 0.1) is 23.4 Å². The fourth-order valence-electron chi connectivity index (χ4n) is 2.00. The molecule has 5 nitrogen and oxygen atoms in total. The number of hydrogen-bond donors (Lipinski definition) is 2. The number of rotatable bonds is 5. The Kier molecular flexibility index (Phi) is 2.83. The molecule has 0 unspecified atom stereocenters. The van der Waals surface area contributed by atoms with Gasteiger partial charge in [-0.05, 0) is 31.6 Å². The summed E-state index contributed by atoms with van der Waals surface area (Å²) in [6, 6.07) is 0. The van der Waals surface area contributed by atoms with E-state index in [2.05, 4.69) is 10.4 Å². The molecule has 0 aliphatic heterocycles. The molecule has 2 N–H and O–H groups in total. The first-order valence-corrected chi connectivity index (χ1v) is 6.66. The molecule has 2 fully saturated rings. The maximum atomic E-state index is 12.2.